The Morgan fingerprint density at radius 1 is 1.29 bits per heavy atom. The van der Waals surface area contributed by atoms with E-state index in [1.165, 1.54) is 23.1 Å². The molecule has 0 aliphatic rings. The minimum Gasteiger partial charge on any atom is -0.346 e. The van der Waals surface area contributed by atoms with Gasteiger partial charge in [0.15, 0.2) is 5.78 Å². The zero-order valence-electron chi connectivity index (χ0n) is 15.5. The number of aromatic amines is 1. The summed E-state index contributed by atoms with van der Waals surface area (Å²) in [5.74, 6) is 0.00420. The number of carbonyl (C=O) groups excluding carboxylic acids is 1. The van der Waals surface area contributed by atoms with Crippen molar-refractivity contribution < 1.29 is 4.79 Å². The normalized spacial score (nSPS) is 14.0. The standard InChI is InChI=1S/C19H26N2O2S/c1-11(2)21-12(3)8-14(13(21)4)9-15-18(23)20-17(24-15)10-16(22)19(5,6)7/h8-11H,1-7H3,(H,20,23)/b15-9-,17-10-. The van der Waals surface area contributed by atoms with E-state index in [1.54, 1.807) is 0 Å². The molecular formula is C19H26N2O2S. The van der Waals surface area contributed by atoms with Crippen molar-refractivity contribution >= 4 is 29.3 Å². The number of H-pyrrole nitrogens is 1. The molecule has 24 heavy (non-hydrogen) atoms. The lowest BCUT2D eigenvalue weighted by Crippen LogP contribution is -2.22. The number of nitrogens with zero attached hydrogens (tertiary/aromatic N) is 1. The van der Waals surface area contributed by atoms with Crippen LogP contribution in [-0.4, -0.2) is 15.3 Å². The molecule has 0 radical (unpaired) electrons. The van der Waals surface area contributed by atoms with E-state index in [0.717, 1.165) is 11.3 Å². The van der Waals surface area contributed by atoms with Gasteiger partial charge in [0.05, 0.1) is 9.20 Å². The van der Waals surface area contributed by atoms with Crippen LogP contribution in [0.5, 0.6) is 0 Å². The van der Waals surface area contributed by atoms with E-state index in [-0.39, 0.29) is 11.3 Å². The van der Waals surface area contributed by atoms with Crippen molar-refractivity contribution in [2.75, 3.05) is 0 Å². The fourth-order valence-electron chi connectivity index (χ4n) is 2.74. The molecule has 5 heteroatoms. The number of carbonyl (C=O) groups is 1. The van der Waals surface area contributed by atoms with Gasteiger partial charge in [0, 0.05) is 28.9 Å². The number of aromatic nitrogens is 2. The zero-order valence-corrected chi connectivity index (χ0v) is 16.3. The molecule has 2 heterocycles. The minimum absolute atomic E-state index is 0.00420. The molecular weight excluding hydrogens is 320 g/mol. The molecule has 1 N–H and O–H groups in total. The molecule has 0 aliphatic carbocycles. The third kappa shape index (κ3) is 3.78. The Balaban J connectivity index is 2.54. The monoisotopic (exact) mass is 346 g/mol. The van der Waals surface area contributed by atoms with Crippen LogP contribution in [0.2, 0.25) is 0 Å². The van der Waals surface area contributed by atoms with Gasteiger partial charge in [0.25, 0.3) is 5.56 Å². The number of Topliss-reactive ketones (excluding diaryl/α,β-unsaturated/α-hetero) is 1. The highest BCUT2D eigenvalue weighted by atomic mass is 32.1. The second kappa shape index (κ2) is 6.55. The number of nitrogens with one attached hydrogen (secondary N) is 1. The van der Waals surface area contributed by atoms with Crippen molar-refractivity contribution in [3.63, 3.8) is 0 Å². The van der Waals surface area contributed by atoms with Gasteiger partial charge in [-0.15, -0.1) is 11.3 Å². The summed E-state index contributed by atoms with van der Waals surface area (Å²) >= 11 is 1.32. The lowest BCUT2D eigenvalue weighted by molar-refractivity contribution is -0.119. The number of hydrogen-bond donors (Lipinski definition) is 1. The number of thiazole rings is 1. The molecule has 0 saturated carbocycles. The van der Waals surface area contributed by atoms with Crippen molar-refractivity contribution in [3.05, 3.63) is 42.6 Å². The van der Waals surface area contributed by atoms with Gasteiger partial charge in [-0.2, -0.15) is 0 Å². The van der Waals surface area contributed by atoms with Gasteiger partial charge in [0.2, 0.25) is 0 Å². The van der Waals surface area contributed by atoms with Crippen molar-refractivity contribution in [2.45, 2.75) is 54.5 Å². The van der Waals surface area contributed by atoms with Gasteiger partial charge in [-0.1, -0.05) is 20.8 Å². The summed E-state index contributed by atoms with van der Waals surface area (Å²) in [6.45, 7) is 14.0. The second-order valence-corrected chi connectivity index (χ2v) is 8.56. The lowest BCUT2D eigenvalue weighted by Gasteiger charge is -2.13. The van der Waals surface area contributed by atoms with Crippen LogP contribution >= 0.6 is 11.3 Å². The average Bonchev–Trinajstić information content (AvgIpc) is 2.89. The third-order valence-corrected chi connectivity index (χ3v) is 4.97. The Labute approximate surface area is 146 Å². The summed E-state index contributed by atoms with van der Waals surface area (Å²) in [4.78, 5) is 27.1. The first-order valence-electron chi connectivity index (χ1n) is 8.16. The molecule has 0 aromatic carbocycles. The van der Waals surface area contributed by atoms with Crippen molar-refractivity contribution in [3.8, 4) is 0 Å². The summed E-state index contributed by atoms with van der Waals surface area (Å²) in [5, 5.41) is 0. The molecule has 0 atom stereocenters. The summed E-state index contributed by atoms with van der Waals surface area (Å²) in [6.07, 6.45) is 3.43. The van der Waals surface area contributed by atoms with E-state index in [0.29, 0.717) is 15.2 Å². The van der Waals surface area contributed by atoms with Crippen LogP contribution in [-0.2, 0) is 4.79 Å². The Hall–Kier alpha value is -1.88. The van der Waals surface area contributed by atoms with Gasteiger partial charge in [-0.3, -0.25) is 9.59 Å². The highest BCUT2D eigenvalue weighted by molar-refractivity contribution is 7.07. The van der Waals surface area contributed by atoms with Crippen LogP contribution in [0.3, 0.4) is 0 Å². The van der Waals surface area contributed by atoms with E-state index < -0.39 is 5.41 Å². The Kier molecular flexibility index (Phi) is 5.04. The predicted molar refractivity (Wildman–Crippen MR) is 101 cm³/mol. The molecule has 2 aromatic rings. The molecule has 2 aromatic heterocycles. The second-order valence-electron chi connectivity index (χ2n) is 7.48. The minimum atomic E-state index is -0.451. The van der Waals surface area contributed by atoms with Crippen LogP contribution in [0.4, 0.5) is 0 Å². The molecule has 0 aliphatic heterocycles. The first-order chi connectivity index (χ1) is 11.0. The SMILES string of the molecule is Cc1cc(/C=c2\s/c(=C\C(=O)C(C)(C)C)[nH]c2=O)c(C)n1C(C)C. The third-order valence-electron chi connectivity index (χ3n) is 4.01. The first kappa shape index (κ1) is 18.5. The number of aryl methyl sites for hydroxylation is 1. The van der Waals surface area contributed by atoms with E-state index in [1.807, 2.05) is 26.8 Å². The highest BCUT2D eigenvalue weighted by Gasteiger charge is 2.18. The fraction of sp³-hybridized carbons (Fsp3) is 0.474. The van der Waals surface area contributed by atoms with Gasteiger partial charge in [0.1, 0.15) is 0 Å². The molecule has 0 fully saturated rings. The molecule has 0 saturated heterocycles. The molecule has 0 spiro atoms. The summed E-state index contributed by atoms with van der Waals surface area (Å²) in [5.41, 5.74) is 2.76. The number of ketones is 1. The van der Waals surface area contributed by atoms with E-state index >= 15 is 0 Å². The maximum atomic E-state index is 12.2. The lowest BCUT2D eigenvalue weighted by atomic mass is 9.91. The number of hydrogen-bond acceptors (Lipinski definition) is 3. The highest BCUT2D eigenvalue weighted by Crippen LogP contribution is 2.20. The smallest absolute Gasteiger partial charge is 0.266 e. The van der Waals surface area contributed by atoms with Gasteiger partial charge in [-0.25, -0.2) is 0 Å². The maximum Gasteiger partial charge on any atom is 0.266 e. The topological polar surface area (TPSA) is 54.9 Å². The molecule has 0 unspecified atom stereocenters. The Morgan fingerprint density at radius 2 is 1.92 bits per heavy atom. The average molecular weight is 346 g/mol. The first-order valence-corrected chi connectivity index (χ1v) is 8.98. The van der Waals surface area contributed by atoms with Gasteiger partial charge < -0.3 is 9.55 Å². The molecule has 0 amide bonds. The number of rotatable bonds is 3. The van der Waals surface area contributed by atoms with E-state index in [2.05, 4.69) is 43.3 Å². The predicted octanol–water partition coefficient (Wildman–Crippen LogP) is 2.66. The largest absolute Gasteiger partial charge is 0.346 e. The Morgan fingerprint density at radius 3 is 2.42 bits per heavy atom. The zero-order chi connectivity index (χ0) is 18.2. The molecule has 130 valence electrons. The van der Waals surface area contributed by atoms with Gasteiger partial charge in [-0.05, 0) is 45.4 Å². The van der Waals surface area contributed by atoms with E-state index in [4.69, 9.17) is 0 Å². The van der Waals surface area contributed by atoms with Crippen LogP contribution in [0, 0.1) is 19.3 Å². The van der Waals surface area contributed by atoms with Crippen molar-refractivity contribution in [1.82, 2.24) is 9.55 Å². The summed E-state index contributed by atoms with van der Waals surface area (Å²) < 4.78 is 3.47. The molecule has 4 nitrogen and oxygen atoms in total. The van der Waals surface area contributed by atoms with Crippen LogP contribution in [0.15, 0.2) is 10.9 Å². The van der Waals surface area contributed by atoms with Crippen molar-refractivity contribution in [2.24, 2.45) is 5.41 Å². The maximum absolute atomic E-state index is 12.2. The molecule has 0 bridgehead atoms. The van der Waals surface area contributed by atoms with Crippen LogP contribution < -0.4 is 14.8 Å². The van der Waals surface area contributed by atoms with Gasteiger partial charge >= 0.3 is 0 Å². The van der Waals surface area contributed by atoms with Crippen LogP contribution in [0.1, 0.15) is 57.6 Å². The van der Waals surface area contributed by atoms with Crippen LogP contribution in [0.25, 0.3) is 12.2 Å². The summed E-state index contributed by atoms with van der Waals surface area (Å²) in [7, 11) is 0. The fourth-order valence-corrected chi connectivity index (χ4v) is 3.62. The van der Waals surface area contributed by atoms with Crippen molar-refractivity contribution in [1.29, 1.82) is 0 Å². The quantitative estimate of drug-likeness (QED) is 0.929. The summed E-state index contributed by atoms with van der Waals surface area (Å²) in [6, 6.07) is 2.47. The van der Waals surface area contributed by atoms with E-state index in [9.17, 15) is 9.59 Å². The molecule has 2 rings (SSSR count). The Bertz CT molecular complexity index is 934.